The minimum absolute atomic E-state index is 0.00133. The number of carbonyl (C=O) groups excluding carboxylic acids is 2. The maximum absolute atomic E-state index is 13.2. The van der Waals surface area contributed by atoms with Crippen LogP contribution >= 0.6 is 23.4 Å². The zero-order valence-corrected chi connectivity index (χ0v) is 20.2. The molecule has 0 aliphatic heterocycles. The summed E-state index contributed by atoms with van der Waals surface area (Å²) in [6.07, 6.45) is 1.31. The lowest BCUT2D eigenvalue weighted by Gasteiger charge is -2.31. The average Bonchev–Trinajstić information content (AvgIpc) is 2.77. The van der Waals surface area contributed by atoms with E-state index < -0.39 is 6.04 Å². The Morgan fingerprint density at radius 3 is 2.32 bits per heavy atom. The number of benzene rings is 2. The van der Waals surface area contributed by atoms with Crippen molar-refractivity contribution in [2.45, 2.75) is 45.4 Å². The van der Waals surface area contributed by atoms with Gasteiger partial charge in [0.2, 0.25) is 11.8 Å². The topological polar surface area (TPSA) is 49.4 Å². The molecule has 0 bridgehead atoms. The zero-order chi connectivity index (χ0) is 22.6. The third-order valence-corrected chi connectivity index (χ3v) is 6.20. The van der Waals surface area contributed by atoms with E-state index in [9.17, 15) is 9.59 Å². The quantitative estimate of drug-likeness (QED) is 0.473. The van der Waals surface area contributed by atoms with E-state index in [1.807, 2.05) is 49.4 Å². The molecule has 0 radical (unpaired) electrons. The maximum atomic E-state index is 13.2. The number of hydrogen-bond donors (Lipinski definition) is 1. The van der Waals surface area contributed by atoms with E-state index in [4.69, 9.17) is 11.6 Å². The number of rotatable bonds is 12. The lowest BCUT2D eigenvalue weighted by atomic mass is 10.1. The first kappa shape index (κ1) is 25.3. The molecule has 6 heteroatoms. The summed E-state index contributed by atoms with van der Waals surface area (Å²) in [7, 11) is 0. The van der Waals surface area contributed by atoms with E-state index in [0.29, 0.717) is 36.2 Å². The monoisotopic (exact) mass is 460 g/mol. The van der Waals surface area contributed by atoms with Gasteiger partial charge in [-0.1, -0.05) is 74.8 Å². The number of nitrogens with zero attached hydrogens (tertiary/aromatic N) is 1. The molecule has 2 amide bonds. The van der Waals surface area contributed by atoms with Gasteiger partial charge in [-0.3, -0.25) is 9.59 Å². The number of nitrogens with one attached hydrogen (secondary N) is 1. The summed E-state index contributed by atoms with van der Waals surface area (Å²) in [5, 5.41) is 3.71. The molecule has 4 nitrogen and oxygen atoms in total. The predicted octanol–water partition coefficient (Wildman–Crippen LogP) is 5.20. The normalized spacial score (nSPS) is 11.9. The van der Waals surface area contributed by atoms with Crippen LogP contribution in [0.15, 0.2) is 54.6 Å². The molecule has 1 atom stereocenters. The van der Waals surface area contributed by atoms with Gasteiger partial charge in [0.05, 0.1) is 5.75 Å². The highest BCUT2D eigenvalue weighted by atomic mass is 35.5. The van der Waals surface area contributed by atoms with Crippen LogP contribution in [0.25, 0.3) is 0 Å². The van der Waals surface area contributed by atoms with Gasteiger partial charge in [-0.05, 0) is 42.0 Å². The van der Waals surface area contributed by atoms with E-state index in [1.165, 1.54) is 0 Å². The Balaban J connectivity index is 2.03. The second-order valence-electron chi connectivity index (χ2n) is 8.01. The molecule has 2 aromatic carbocycles. The molecule has 168 valence electrons. The summed E-state index contributed by atoms with van der Waals surface area (Å²) in [4.78, 5) is 27.8. The molecule has 2 rings (SSSR count). The third-order valence-electron chi connectivity index (χ3n) is 4.96. The summed E-state index contributed by atoms with van der Waals surface area (Å²) in [5.74, 6) is 1.36. The predicted molar refractivity (Wildman–Crippen MR) is 131 cm³/mol. The van der Waals surface area contributed by atoms with Crippen molar-refractivity contribution in [1.82, 2.24) is 10.2 Å². The van der Waals surface area contributed by atoms with Crippen molar-refractivity contribution < 1.29 is 9.59 Å². The average molecular weight is 461 g/mol. The van der Waals surface area contributed by atoms with Crippen LogP contribution in [0.4, 0.5) is 0 Å². The van der Waals surface area contributed by atoms with Crippen LogP contribution in [-0.4, -0.2) is 41.6 Å². The first-order chi connectivity index (χ1) is 14.9. The molecule has 0 fully saturated rings. The lowest BCUT2D eigenvalue weighted by Crippen LogP contribution is -2.51. The molecular weight excluding hydrogens is 428 g/mol. The minimum atomic E-state index is -0.453. The van der Waals surface area contributed by atoms with E-state index in [1.54, 1.807) is 16.7 Å². The van der Waals surface area contributed by atoms with Gasteiger partial charge in [0.15, 0.2) is 0 Å². The maximum Gasteiger partial charge on any atom is 0.242 e. The van der Waals surface area contributed by atoms with E-state index in [2.05, 4.69) is 31.3 Å². The van der Waals surface area contributed by atoms with Crippen molar-refractivity contribution in [3.63, 3.8) is 0 Å². The second-order valence-corrected chi connectivity index (χ2v) is 9.43. The number of halogens is 1. The molecule has 31 heavy (non-hydrogen) atoms. The van der Waals surface area contributed by atoms with Crippen LogP contribution in [0.5, 0.6) is 0 Å². The first-order valence-corrected chi connectivity index (χ1v) is 12.4. The van der Waals surface area contributed by atoms with Crippen LogP contribution in [0.3, 0.4) is 0 Å². The SMILES string of the molecule is CCC(C(=O)NCC(C)C)N(CCc1ccccc1)C(=O)CSCc1ccc(Cl)cc1. The Labute approximate surface area is 195 Å². The van der Waals surface area contributed by atoms with Gasteiger partial charge in [-0.2, -0.15) is 0 Å². The number of amides is 2. The molecule has 0 spiro atoms. The molecule has 2 aromatic rings. The fourth-order valence-electron chi connectivity index (χ4n) is 3.24. The smallest absolute Gasteiger partial charge is 0.242 e. The summed E-state index contributed by atoms with van der Waals surface area (Å²) in [5.41, 5.74) is 2.28. The molecule has 0 heterocycles. The Hall–Kier alpha value is -1.98. The molecule has 1 N–H and O–H groups in total. The van der Waals surface area contributed by atoms with Gasteiger partial charge >= 0.3 is 0 Å². The standard InChI is InChI=1S/C25H33ClN2O2S/c1-4-23(25(30)27-16-19(2)3)28(15-14-20-8-6-5-7-9-20)24(29)18-31-17-21-10-12-22(26)13-11-21/h5-13,19,23H,4,14-18H2,1-3H3,(H,27,30). The molecular formula is C25H33ClN2O2S. The molecule has 0 saturated heterocycles. The van der Waals surface area contributed by atoms with Gasteiger partial charge in [0, 0.05) is 23.9 Å². The molecule has 0 saturated carbocycles. The van der Waals surface area contributed by atoms with Crippen LogP contribution in [-0.2, 0) is 21.8 Å². The highest BCUT2D eigenvalue weighted by Gasteiger charge is 2.28. The molecule has 1 unspecified atom stereocenters. The third kappa shape index (κ3) is 8.96. The van der Waals surface area contributed by atoms with Crippen LogP contribution in [0, 0.1) is 5.92 Å². The zero-order valence-electron chi connectivity index (χ0n) is 18.6. The van der Waals surface area contributed by atoms with Crippen molar-refractivity contribution in [2.75, 3.05) is 18.8 Å². The highest BCUT2D eigenvalue weighted by molar-refractivity contribution is 7.99. The minimum Gasteiger partial charge on any atom is -0.354 e. The molecule has 0 aromatic heterocycles. The Bertz CT molecular complexity index is 812. The summed E-state index contributed by atoms with van der Waals surface area (Å²) >= 11 is 7.51. The Morgan fingerprint density at radius 2 is 1.71 bits per heavy atom. The van der Waals surface area contributed by atoms with Crippen molar-refractivity contribution in [1.29, 1.82) is 0 Å². The van der Waals surface area contributed by atoms with E-state index in [-0.39, 0.29) is 11.8 Å². The Morgan fingerprint density at radius 1 is 1.03 bits per heavy atom. The van der Waals surface area contributed by atoms with Crippen molar-refractivity contribution in [3.8, 4) is 0 Å². The number of thioether (sulfide) groups is 1. The van der Waals surface area contributed by atoms with Crippen LogP contribution < -0.4 is 5.32 Å². The number of carbonyl (C=O) groups is 2. The van der Waals surface area contributed by atoms with Crippen LogP contribution in [0.2, 0.25) is 5.02 Å². The lowest BCUT2D eigenvalue weighted by molar-refractivity contribution is -0.138. The highest BCUT2D eigenvalue weighted by Crippen LogP contribution is 2.17. The molecule has 0 aliphatic rings. The second kappa shape index (κ2) is 13.4. The van der Waals surface area contributed by atoms with Crippen molar-refractivity contribution in [2.24, 2.45) is 5.92 Å². The van der Waals surface area contributed by atoms with Crippen molar-refractivity contribution >= 4 is 35.2 Å². The largest absolute Gasteiger partial charge is 0.354 e. The fraction of sp³-hybridized carbons (Fsp3) is 0.440. The van der Waals surface area contributed by atoms with E-state index in [0.717, 1.165) is 23.3 Å². The van der Waals surface area contributed by atoms with Crippen LogP contribution in [0.1, 0.15) is 38.3 Å². The van der Waals surface area contributed by atoms with E-state index >= 15 is 0 Å². The van der Waals surface area contributed by atoms with Gasteiger partial charge in [-0.15, -0.1) is 11.8 Å². The van der Waals surface area contributed by atoms with Gasteiger partial charge in [-0.25, -0.2) is 0 Å². The summed E-state index contributed by atoms with van der Waals surface area (Å²) in [6.45, 7) is 7.22. The number of hydrogen-bond acceptors (Lipinski definition) is 3. The fourth-order valence-corrected chi connectivity index (χ4v) is 4.23. The van der Waals surface area contributed by atoms with Gasteiger partial charge in [0.25, 0.3) is 0 Å². The van der Waals surface area contributed by atoms with Gasteiger partial charge in [0.1, 0.15) is 6.04 Å². The Kier molecular flexibility index (Phi) is 11.0. The summed E-state index contributed by atoms with van der Waals surface area (Å²) in [6, 6.07) is 17.3. The molecule has 0 aliphatic carbocycles. The van der Waals surface area contributed by atoms with Gasteiger partial charge < -0.3 is 10.2 Å². The first-order valence-electron chi connectivity index (χ1n) is 10.8. The van der Waals surface area contributed by atoms with Crippen molar-refractivity contribution in [3.05, 3.63) is 70.7 Å². The summed E-state index contributed by atoms with van der Waals surface area (Å²) < 4.78 is 0.